The van der Waals surface area contributed by atoms with Crippen molar-refractivity contribution in [3.8, 4) is 6.07 Å². The molecule has 1 aliphatic rings. The fraction of sp³-hybridized carbons (Fsp3) is 0.467. The summed E-state index contributed by atoms with van der Waals surface area (Å²) >= 11 is 0. The van der Waals surface area contributed by atoms with Crippen molar-refractivity contribution in [1.82, 2.24) is 5.43 Å². The van der Waals surface area contributed by atoms with E-state index < -0.39 is 6.10 Å². The van der Waals surface area contributed by atoms with Gasteiger partial charge < -0.3 is 9.64 Å². The first kappa shape index (κ1) is 15.3. The number of hydrogen-bond donors (Lipinski definition) is 2. The van der Waals surface area contributed by atoms with E-state index in [4.69, 9.17) is 15.8 Å². The van der Waals surface area contributed by atoms with Crippen LogP contribution in [-0.2, 0) is 9.53 Å². The summed E-state index contributed by atoms with van der Waals surface area (Å²) < 4.78 is 5.73. The number of amides is 1. The molecule has 2 rings (SSSR count). The summed E-state index contributed by atoms with van der Waals surface area (Å²) in [6, 6.07) is 12.1. The average molecular weight is 288 g/mol. The van der Waals surface area contributed by atoms with Crippen LogP contribution in [0.15, 0.2) is 30.3 Å². The number of benzene rings is 1. The molecule has 1 saturated heterocycles. The summed E-state index contributed by atoms with van der Waals surface area (Å²) in [5.41, 5.74) is 3.18. The summed E-state index contributed by atoms with van der Waals surface area (Å²) in [7, 11) is 0. The molecule has 21 heavy (non-hydrogen) atoms. The molecule has 1 aromatic carbocycles. The highest BCUT2D eigenvalue weighted by Gasteiger charge is 2.31. The summed E-state index contributed by atoms with van der Waals surface area (Å²) in [5, 5.41) is 8.79. The van der Waals surface area contributed by atoms with Gasteiger partial charge >= 0.3 is 0 Å². The van der Waals surface area contributed by atoms with E-state index in [2.05, 4.69) is 16.4 Å². The van der Waals surface area contributed by atoms with Crippen LogP contribution in [0.1, 0.15) is 19.3 Å². The van der Waals surface area contributed by atoms with E-state index >= 15 is 0 Å². The van der Waals surface area contributed by atoms with Crippen LogP contribution in [-0.4, -0.2) is 31.2 Å². The van der Waals surface area contributed by atoms with Gasteiger partial charge in [-0.25, -0.2) is 5.84 Å². The van der Waals surface area contributed by atoms with Gasteiger partial charge in [-0.15, -0.1) is 0 Å². The maximum Gasteiger partial charge on any atom is 0.263 e. The third-order valence-corrected chi connectivity index (χ3v) is 3.58. The van der Waals surface area contributed by atoms with Crippen molar-refractivity contribution in [2.24, 2.45) is 5.84 Å². The molecule has 0 spiro atoms. The monoisotopic (exact) mass is 288 g/mol. The smallest absolute Gasteiger partial charge is 0.263 e. The lowest BCUT2D eigenvalue weighted by atomic mass is 10.1. The number of carbonyl (C=O) groups excluding carboxylic acids is 1. The summed E-state index contributed by atoms with van der Waals surface area (Å²) in [4.78, 5) is 13.6. The standard InChI is InChI=1S/C15H20N4O2/c16-9-4-10-19(12-5-2-1-3-6-12)11-13-7-8-14(21-13)15(20)18-17/h1-3,5-6,13-14H,4,7-8,10-11,17H2,(H,18,20). The molecule has 112 valence electrons. The van der Waals surface area contributed by atoms with Crippen molar-refractivity contribution >= 4 is 11.6 Å². The van der Waals surface area contributed by atoms with E-state index in [1.165, 1.54) is 0 Å². The van der Waals surface area contributed by atoms with Gasteiger partial charge in [0.05, 0.1) is 18.6 Å². The van der Waals surface area contributed by atoms with Crippen LogP contribution in [0, 0.1) is 11.3 Å². The van der Waals surface area contributed by atoms with Crippen LogP contribution >= 0.6 is 0 Å². The molecule has 0 aliphatic carbocycles. The minimum Gasteiger partial charge on any atom is -0.368 e. The zero-order valence-corrected chi connectivity index (χ0v) is 11.9. The minimum atomic E-state index is -0.464. The number of nitrogens with one attached hydrogen (secondary N) is 1. The molecule has 6 heteroatoms. The van der Waals surface area contributed by atoms with Crippen molar-refractivity contribution in [2.45, 2.75) is 31.5 Å². The van der Waals surface area contributed by atoms with E-state index in [1.54, 1.807) is 0 Å². The molecule has 2 atom stereocenters. The van der Waals surface area contributed by atoms with Gasteiger partial charge in [-0.05, 0) is 25.0 Å². The van der Waals surface area contributed by atoms with Gasteiger partial charge in [0.15, 0.2) is 0 Å². The van der Waals surface area contributed by atoms with E-state index in [0.717, 1.165) is 12.1 Å². The first-order valence-corrected chi connectivity index (χ1v) is 7.07. The number of carbonyl (C=O) groups is 1. The second kappa shape index (κ2) is 7.62. The Labute approximate surface area is 124 Å². The first-order chi connectivity index (χ1) is 10.2. The number of nitrogens with two attached hydrogens (primary N) is 1. The Morgan fingerprint density at radius 3 is 2.86 bits per heavy atom. The zero-order chi connectivity index (χ0) is 15.1. The highest BCUT2D eigenvalue weighted by molar-refractivity contribution is 5.80. The zero-order valence-electron chi connectivity index (χ0n) is 11.9. The molecule has 0 bridgehead atoms. The second-order valence-corrected chi connectivity index (χ2v) is 5.02. The molecule has 1 aliphatic heterocycles. The Bertz CT molecular complexity index is 500. The van der Waals surface area contributed by atoms with E-state index in [9.17, 15) is 4.79 Å². The summed E-state index contributed by atoms with van der Waals surface area (Å²) in [5.74, 6) is 4.85. The SMILES string of the molecule is N#CCCN(CC1CCC(C(=O)NN)O1)c1ccccc1. The number of hydrogen-bond acceptors (Lipinski definition) is 5. The van der Waals surface area contributed by atoms with E-state index in [-0.39, 0.29) is 12.0 Å². The summed E-state index contributed by atoms with van der Waals surface area (Å²) in [6.45, 7) is 1.31. The Hall–Kier alpha value is -2.10. The molecular weight excluding hydrogens is 268 g/mol. The maximum atomic E-state index is 11.5. The molecule has 0 radical (unpaired) electrons. The normalized spacial score (nSPS) is 20.8. The van der Waals surface area contributed by atoms with Crippen molar-refractivity contribution < 1.29 is 9.53 Å². The lowest BCUT2D eigenvalue weighted by molar-refractivity contribution is -0.131. The molecule has 1 amide bonds. The third kappa shape index (κ3) is 4.18. The quantitative estimate of drug-likeness (QED) is 0.462. The Morgan fingerprint density at radius 1 is 1.43 bits per heavy atom. The molecule has 0 saturated carbocycles. The number of nitriles is 1. The molecule has 1 aromatic rings. The molecule has 6 nitrogen and oxygen atoms in total. The maximum absolute atomic E-state index is 11.5. The van der Waals surface area contributed by atoms with E-state index in [0.29, 0.717) is 25.9 Å². The number of anilines is 1. The van der Waals surface area contributed by atoms with E-state index in [1.807, 2.05) is 30.3 Å². The van der Waals surface area contributed by atoms with Gasteiger partial charge in [-0.3, -0.25) is 10.2 Å². The summed E-state index contributed by atoms with van der Waals surface area (Å²) in [6.07, 6.45) is 1.46. The molecule has 3 N–H and O–H groups in total. The average Bonchev–Trinajstić information content (AvgIpc) is 3.00. The number of rotatable bonds is 6. The van der Waals surface area contributed by atoms with Gasteiger partial charge in [0.25, 0.3) is 5.91 Å². The van der Waals surface area contributed by atoms with Crippen molar-refractivity contribution in [3.05, 3.63) is 30.3 Å². The van der Waals surface area contributed by atoms with Crippen LogP contribution in [0.3, 0.4) is 0 Å². The fourth-order valence-corrected chi connectivity index (χ4v) is 2.52. The van der Waals surface area contributed by atoms with Gasteiger partial charge in [-0.2, -0.15) is 5.26 Å². The van der Waals surface area contributed by atoms with Crippen LogP contribution in [0.2, 0.25) is 0 Å². The molecule has 1 heterocycles. The minimum absolute atomic E-state index is 0.0220. The predicted molar refractivity (Wildman–Crippen MR) is 79.1 cm³/mol. The molecule has 1 fully saturated rings. The van der Waals surface area contributed by atoms with Gasteiger partial charge in [0.1, 0.15) is 6.10 Å². The van der Waals surface area contributed by atoms with Gasteiger partial charge in [-0.1, -0.05) is 18.2 Å². The number of ether oxygens (including phenoxy) is 1. The number of para-hydroxylation sites is 1. The van der Waals surface area contributed by atoms with Gasteiger partial charge in [0, 0.05) is 18.8 Å². The Kier molecular flexibility index (Phi) is 5.55. The first-order valence-electron chi connectivity index (χ1n) is 7.07. The lowest BCUT2D eigenvalue weighted by Crippen LogP contribution is -2.40. The van der Waals surface area contributed by atoms with Crippen molar-refractivity contribution in [2.75, 3.05) is 18.0 Å². The second-order valence-electron chi connectivity index (χ2n) is 5.02. The molecule has 0 aromatic heterocycles. The van der Waals surface area contributed by atoms with Crippen LogP contribution < -0.4 is 16.2 Å². The molecule has 2 unspecified atom stereocenters. The lowest BCUT2D eigenvalue weighted by Gasteiger charge is -2.27. The van der Waals surface area contributed by atoms with Crippen molar-refractivity contribution in [1.29, 1.82) is 5.26 Å². The topological polar surface area (TPSA) is 91.4 Å². The largest absolute Gasteiger partial charge is 0.368 e. The predicted octanol–water partition coefficient (Wildman–Crippen LogP) is 0.944. The Morgan fingerprint density at radius 2 is 2.19 bits per heavy atom. The van der Waals surface area contributed by atoms with Crippen LogP contribution in [0.4, 0.5) is 5.69 Å². The number of nitrogens with zero attached hydrogens (tertiary/aromatic N) is 2. The Balaban J connectivity index is 1.97. The highest BCUT2D eigenvalue weighted by Crippen LogP contribution is 2.23. The van der Waals surface area contributed by atoms with Crippen molar-refractivity contribution in [3.63, 3.8) is 0 Å². The van der Waals surface area contributed by atoms with Crippen LogP contribution in [0.25, 0.3) is 0 Å². The number of hydrazine groups is 1. The highest BCUT2D eigenvalue weighted by atomic mass is 16.5. The fourth-order valence-electron chi connectivity index (χ4n) is 2.52. The van der Waals surface area contributed by atoms with Gasteiger partial charge in [0.2, 0.25) is 0 Å². The van der Waals surface area contributed by atoms with Crippen LogP contribution in [0.5, 0.6) is 0 Å². The third-order valence-electron chi connectivity index (χ3n) is 3.58. The molecular formula is C15H20N4O2.